The zero-order chi connectivity index (χ0) is 14.1. The van der Waals surface area contributed by atoms with Crippen LogP contribution in [0, 0.1) is 23.0 Å². The zero-order valence-corrected chi connectivity index (χ0v) is 10.3. The fraction of sp³-hybridized carbons (Fsp3) is 0.0667. The third-order valence-electron chi connectivity index (χ3n) is 3.09. The fourth-order valence-corrected chi connectivity index (χ4v) is 2.13. The molecule has 0 amide bonds. The Balaban J connectivity index is 2.06. The first-order valence-electron chi connectivity index (χ1n) is 5.99. The maximum atomic E-state index is 13.6. The number of hydrogen-bond donors (Lipinski definition) is 1. The number of halogens is 2. The molecule has 0 radical (unpaired) electrons. The number of nitrogens with one attached hydrogen (secondary N) is 1. The van der Waals surface area contributed by atoms with Gasteiger partial charge < -0.3 is 4.98 Å². The lowest BCUT2D eigenvalue weighted by molar-refractivity contribution is 0.559. The SMILES string of the molecule is N#Cc1cccc2[nH]c(Cc3c(F)cccc3F)nc12. The van der Waals surface area contributed by atoms with Gasteiger partial charge in [0.15, 0.2) is 0 Å². The Labute approximate surface area is 113 Å². The van der Waals surface area contributed by atoms with Crippen LogP contribution in [-0.4, -0.2) is 9.97 Å². The number of nitrogens with zero attached hydrogens (tertiary/aromatic N) is 2. The molecule has 0 atom stereocenters. The van der Waals surface area contributed by atoms with Crippen molar-refractivity contribution >= 4 is 11.0 Å². The zero-order valence-electron chi connectivity index (χ0n) is 10.3. The molecule has 0 aliphatic heterocycles. The van der Waals surface area contributed by atoms with Crippen molar-refractivity contribution in [2.24, 2.45) is 0 Å². The van der Waals surface area contributed by atoms with E-state index in [0.717, 1.165) is 0 Å². The van der Waals surface area contributed by atoms with E-state index in [2.05, 4.69) is 9.97 Å². The van der Waals surface area contributed by atoms with Crippen molar-refractivity contribution in [3.05, 3.63) is 65.0 Å². The van der Waals surface area contributed by atoms with Gasteiger partial charge in [0.2, 0.25) is 0 Å². The van der Waals surface area contributed by atoms with Gasteiger partial charge in [0.1, 0.15) is 29.0 Å². The Kier molecular flexibility index (Phi) is 2.92. The molecule has 0 fully saturated rings. The van der Waals surface area contributed by atoms with Crippen LogP contribution in [0.5, 0.6) is 0 Å². The smallest absolute Gasteiger partial charge is 0.129 e. The van der Waals surface area contributed by atoms with E-state index >= 15 is 0 Å². The first kappa shape index (κ1) is 12.3. The maximum absolute atomic E-state index is 13.6. The minimum Gasteiger partial charge on any atom is -0.342 e. The van der Waals surface area contributed by atoms with Crippen LogP contribution in [0.4, 0.5) is 8.78 Å². The summed E-state index contributed by atoms with van der Waals surface area (Å²) in [5, 5.41) is 9.00. The quantitative estimate of drug-likeness (QED) is 0.776. The van der Waals surface area contributed by atoms with Crippen molar-refractivity contribution in [2.45, 2.75) is 6.42 Å². The molecule has 0 bridgehead atoms. The third-order valence-corrected chi connectivity index (χ3v) is 3.09. The number of benzene rings is 2. The van der Waals surface area contributed by atoms with Crippen LogP contribution < -0.4 is 0 Å². The van der Waals surface area contributed by atoms with Crippen LogP contribution in [0.3, 0.4) is 0 Å². The van der Waals surface area contributed by atoms with Gasteiger partial charge in [-0.05, 0) is 24.3 Å². The number of rotatable bonds is 2. The highest BCUT2D eigenvalue weighted by atomic mass is 19.1. The van der Waals surface area contributed by atoms with Crippen LogP contribution in [0.2, 0.25) is 0 Å². The number of H-pyrrole nitrogens is 1. The largest absolute Gasteiger partial charge is 0.342 e. The van der Waals surface area contributed by atoms with Crippen molar-refractivity contribution in [3.8, 4) is 6.07 Å². The highest BCUT2D eigenvalue weighted by Crippen LogP contribution is 2.20. The minimum atomic E-state index is -0.606. The van der Waals surface area contributed by atoms with Gasteiger partial charge in [0.05, 0.1) is 11.1 Å². The van der Waals surface area contributed by atoms with Crippen molar-refractivity contribution < 1.29 is 8.78 Å². The van der Waals surface area contributed by atoms with Crippen LogP contribution in [0.1, 0.15) is 17.0 Å². The van der Waals surface area contributed by atoms with E-state index in [1.807, 2.05) is 6.07 Å². The Bertz CT molecular complexity index is 810. The molecule has 0 unspecified atom stereocenters. The molecular formula is C15H9F2N3. The van der Waals surface area contributed by atoms with Gasteiger partial charge in [-0.25, -0.2) is 13.8 Å². The third kappa shape index (κ3) is 2.01. The van der Waals surface area contributed by atoms with E-state index in [-0.39, 0.29) is 12.0 Å². The van der Waals surface area contributed by atoms with E-state index < -0.39 is 11.6 Å². The first-order valence-corrected chi connectivity index (χ1v) is 5.99. The molecule has 1 aromatic heterocycles. The molecule has 3 rings (SSSR count). The van der Waals surface area contributed by atoms with Crippen molar-refractivity contribution in [1.82, 2.24) is 9.97 Å². The monoisotopic (exact) mass is 269 g/mol. The topological polar surface area (TPSA) is 52.5 Å². The average molecular weight is 269 g/mol. The lowest BCUT2D eigenvalue weighted by Crippen LogP contribution is -1.98. The molecule has 1 heterocycles. The minimum absolute atomic E-state index is 0.0120. The molecule has 20 heavy (non-hydrogen) atoms. The molecule has 0 aliphatic rings. The van der Waals surface area contributed by atoms with Gasteiger partial charge in [-0.15, -0.1) is 0 Å². The lowest BCUT2D eigenvalue weighted by atomic mass is 10.1. The fourth-order valence-electron chi connectivity index (χ4n) is 2.13. The number of aromatic nitrogens is 2. The predicted molar refractivity (Wildman–Crippen MR) is 70.0 cm³/mol. The second-order valence-electron chi connectivity index (χ2n) is 4.37. The number of fused-ring (bicyclic) bond motifs is 1. The van der Waals surface area contributed by atoms with E-state index in [4.69, 9.17) is 5.26 Å². The summed E-state index contributed by atoms with van der Waals surface area (Å²) in [6.45, 7) is 0. The normalized spacial score (nSPS) is 10.7. The second kappa shape index (κ2) is 4.74. The average Bonchev–Trinajstić information content (AvgIpc) is 2.85. The molecule has 0 saturated carbocycles. The number of para-hydroxylation sites is 1. The van der Waals surface area contributed by atoms with Gasteiger partial charge in [0.25, 0.3) is 0 Å². The van der Waals surface area contributed by atoms with E-state index in [1.54, 1.807) is 18.2 Å². The lowest BCUT2D eigenvalue weighted by Gasteiger charge is -2.01. The summed E-state index contributed by atoms with van der Waals surface area (Å²) in [4.78, 5) is 7.23. The molecule has 0 aliphatic carbocycles. The number of hydrogen-bond acceptors (Lipinski definition) is 2. The summed E-state index contributed by atoms with van der Waals surface area (Å²) in [6, 6.07) is 10.9. The highest BCUT2D eigenvalue weighted by Gasteiger charge is 2.13. The molecule has 2 aromatic carbocycles. The summed E-state index contributed by atoms with van der Waals surface area (Å²) in [5.41, 5.74) is 1.58. The van der Waals surface area contributed by atoms with Crippen molar-refractivity contribution in [3.63, 3.8) is 0 Å². The summed E-state index contributed by atoms with van der Waals surface area (Å²) < 4.78 is 27.2. The van der Waals surface area contributed by atoms with E-state index in [9.17, 15) is 8.78 Å². The standard InChI is InChI=1S/C15H9F2N3/c16-11-4-2-5-12(17)10(11)7-14-19-13-6-1-3-9(8-18)15(13)20-14/h1-6H,7H2,(H,19,20). The number of aromatic amines is 1. The van der Waals surface area contributed by atoms with Gasteiger partial charge in [-0.3, -0.25) is 0 Å². The summed E-state index contributed by atoms with van der Waals surface area (Å²) in [6.07, 6.45) is 0.0120. The maximum Gasteiger partial charge on any atom is 0.129 e. The molecule has 0 saturated heterocycles. The molecule has 5 heteroatoms. The number of imidazole rings is 1. The molecule has 3 nitrogen and oxygen atoms in total. The van der Waals surface area contributed by atoms with Crippen LogP contribution >= 0.6 is 0 Å². The van der Waals surface area contributed by atoms with E-state index in [0.29, 0.717) is 22.4 Å². The summed E-state index contributed by atoms with van der Waals surface area (Å²) >= 11 is 0. The van der Waals surface area contributed by atoms with Gasteiger partial charge >= 0.3 is 0 Å². The van der Waals surface area contributed by atoms with Crippen LogP contribution in [0.15, 0.2) is 36.4 Å². The molecule has 0 spiro atoms. The summed E-state index contributed by atoms with van der Waals surface area (Å²) in [7, 11) is 0. The Morgan fingerprint density at radius 2 is 1.80 bits per heavy atom. The van der Waals surface area contributed by atoms with Crippen molar-refractivity contribution in [1.29, 1.82) is 5.26 Å². The van der Waals surface area contributed by atoms with Gasteiger partial charge in [-0.1, -0.05) is 12.1 Å². The van der Waals surface area contributed by atoms with Crippen LogP contribution in [0.25, 0.3) is 11.0 Å². The molecular weight excluding hydrogens is 260 g/mol. The van der Waals surface area contributed by atoms with Crippen molar-refractivity contribution in [2.75, 3.05) is 0 Å². The van der Waals surface area contributed by atoms with Gasteiger partial charge in [-0.2, -0.15) is 5.26 Å². The Morgan fingerprint density at radius 1 is 1.10 bits per heavy atom. The Morgan fingerprint density at radius 3 is 2.50 bits per heavy atom. The van der Waals surface area contributed by atoms with E-state index in [1.165, 1.54) is 18.2 Å². The molecule has 98 valence electrons. The van der Waals surface area contributed by atoms with Gasteiger partial charge in [0, 0.05) is 12.0 Å². The van der Waals surface area contributed by atoms with Crippen LogP contribution in [-0.2, 0) is 6.42 Å². The second-order valence-corrected chi connectivity index (χ2v) is 4.37. The highest BCUT2D eigenvalue weighted by molar-refractivity contribution is 5.81. The number of nitriles is 1. The Hall–Kier alpha value is -2.74. The predicted octanol–water partition coefficient (Wildman–Crippen LogP) is 3.30. The molecule has 3 aromatic rings. The first-order chi connectivity index (χ1) is 9.69. The summed E-state index contributed by atoms with van der Waals surface area (Å²) in [5.74, 6) is -0.788. The molecule has 1 N–H and O–H groups in total.